The zero-order valence-electron chi connectivity index (χ0n) is 14.7. The molecule has 0 saturated heterocycles. The Morgan fingerprint density at radius 2 is 1.60 bits per heavy atom. The van der Waals surface area contributed by atoms with Gasteiger partial charge >= 0.3 is 7.75 Å². The molecule has 0 bridgehead atoms. The maximum atomic E-state index is 11.9. The summed E-state index contributed by atoms with van der Waals surface area (Å²) in [6.45, 7) is 0.454. The molecule has 0 spiro atoms. The summed E-state index contributed by atoms with van der Waals surface area (Å²) in [5.74, 6) is 0. The molecule has 2 aromatic carbocycles. The van der Waals surface area contributed by atoms with Crippen molar-refractivity contribution in [1.82, 2.24) is 4.67 Å². The lowest BCUT2D eigenvalue weighted by molar-refractivity contribution is 0.253. The second-order valence-corrected chi connectivity index (χ2v) is 8.30. The van der Waals surface area contributed by atoms with Gasteiger partial charge in [0.15, 0.2) is 0 Å². The molecule has 0 amide bonds. The number of hydrogen-bond donors (Lipinski definition) is 1. The number of benzene rings is 2. The number of hydrogen-bond acceptors (Lipinski definition) is 2. The van der Waals surface area contributed by atoms with Crippen LogP contribution in [0.5, 0.6) is 0 Å². The SMILES string of the molecule is COP(=O)(O)N(C)CCC=C1c2ccccc2CCc2ccccc21. The Labute approximate surface area is 149 Å². The second kappa shape index (κ2) is 7.67. The molecule has 0 heterocycles. The van der Waals surface area contributed by atoms with E-state index in [9.17, 15) is 9.46 Å². The molecule has 1 N–H and O–H groups in total. The summed E-state index contributed by atoms with van der Waals surface area (Å²) in [5, 5.41) is 0. The van der Waals surface area contributed by atoms with Crippen molar-refractivity contribution in [3.63, 3.8) is 0 Å². The van der Waals surface area contributed by atoms with Gasteiger partial charge in [-0.05, 0) is 54.1 Å². The summed E-state index contributed by atoms with van der Waals surface area (Å²) in [6, 6.07) is 17.0. The van der Waals surface area contributed by atoms with Crippen LogP contribution < -0.4 is 0 Å². The average Bonchev–Trinajstić information content (AvgIpc) is 2.79. The van der Waals surface area contributed by atoms with Crippen molar-refractivity contribution >= 4 is 13.3 Å². The second-order valence-electron chi connectivity index (χ2n) is 6.28. The molecular weight excluding hydrogens is 333 g/mol. The van der Waals surface area contributed by atoms with Crippen molar-refractivity contribution in [3.05, 3.63) is 76.9 Å². The van der Waals surface area contributed by atoms with Gasteiger partial charge in [0.2, 0.25) is 0 Å². The van der Waals surface area contributed by atoms with Crippen molar-refractivity contribution in [2.24, 2.45) is 0 Å². The first kappa shape index (κ1) is 18.1. The molecule has 1 atom stereocenters. The monoisotopic (exact) mass is 357 g/mol. The van der Waals surface area contributed by atoms with Crippen LogP contribution in [-0.4, -0.2) is 30.3 Å². The molecule has 1 aliphatic carbocycles. The minimum atomic E-state index is -3.67. The van der Waals surface area contributed by atoms with E-state index in [0.717, 1.165) is 12.8 Å². The lowest BCUT2D eigenvalue weighted by atomic mass is 9.93. The Kier molecular flexibility index (Phi) is 5.55. The molecule has 4 nitrogen and oxygen atoms in total. The normalized spacial score (nSPS) is 15.9. The van der Waals surface area contributed by atoms with Crippen molar-refractivity contribution in [1.29, 1.82) is 0 Å². The third-order valence-corrected chi connectivity index (χ3v) is 6.29. The Morgan fingerprint density at radius 1 is 1.08 bits per heavy atom. The number of aryl methyl sites for hydroxylation is 2. The van der Waals surface area contributed by atoms with Crippen LogP contribution >= 0.6 is 7.75 Å². The van der Waals surface area contributed by atoms with Crippen molar-refractivity contribution in [3.8, 4) is 0 Å². The van der Waals surface area contributed by atoms with Crippen molar-refractivity contribution in [2.75, 3.05) is 20.7 Å². The van der Waals surface area contributed by atoms with Gasteiger partial charge in [0.1, 0.15) is 0 Å². The average molecular weight is 357 g/mol. The van der Waals surface area contributed by atoms with Gasteiger partial charge in [0, 0.05) is 13.7 Å². The number of rotatable bonds is 5. The fraction of sp³-hybridized carbons (Fsp3) is 0.300. The largest absolute Gasteiger partial charge is 0.405 e. The molecule has 1 unspecified atom stereocenters. The van der Waals surface area contributed by atoms with Gasteiger partial charge in [-0.2, -0.15) is 0 Å². The van der Waals surface area contributed by atoms with Crippen LogP contribution in [0.1, 0.15) is 28.7 Å². The summed E-state index contributed by atoms with van der Waals surface area (Å²) in [4.78, 5) is 9.73. The zero-order chi connectivity index (χ0) is 17.9. The van der Waals surface area contributed by atoms with Gasteiger partial charge in [0.25, 0.3) is 0 Å². The fourth-order valence-corrected chi connectivity index (χ4v) is 3.94. The lowest BCUT2D eigenvalue weighted by Gasteiger charge is -2.20. The van der Waals surface area contributed by atoms with Crippen LogP contribution in [0.3, 0.4) is 0 Å². The Bertz CT molecular complexity index is 782. The standard InChI is InChI=1S/C20H24NO3P/c1-21(25(22,23)24-2)15-7-12-20-18-10-5-3-8-16(18)13-14-17-9-4-6-11-19(17)20/h3-6,8-12H,7,13-15H2,1-2H3,(H,22,23). The highest BCUT2D eigenvalue weighted by molar-refractivity contribution is 7.50. The van der Waals surface area contributed by atoms with E-state index in [1.165, 1.54) is 39.6 Å². The number of fused-ring (bicyclic) bond motifs is 2. The molecule has 2 aromatic rings. The topological polar surface area (TPSA) is 49.8 Å². The zero-order valence-corrected chi connectivity index (χ0v) is 15.6. The molecule has 0 fully saturated rings. The molecule has 25 heavy (non-hydrogen) atoms. The molecule has 132 valence electrons. The van der Waals surface area contributed by atoms with Crippen LogP contribution in [0, 0.1) is 0 Å². The molecular formula is C20H24NO3P. The van der Waals surface area contributed by atoms with E-state index in [2.05, 4.69) is 54.6 Å². The van der Waals surface area contributed by atoms with Crippen molar-refractivity contribution < 1.29 is 14.0 Å². The van der Waals surface area contributed by atoms with Crippen LogP contribution in [0.2, 0.25) is 0 Å². The molecule has 0 saturated carbocycles. The smallest absolute Gasteiger partial charge is 0.312 e. The predicted octanol–water partition coefficient (Wildman–Crippen LogP) is 4.29. The predicted molar refractivity (Wildman–Crippen MR) is 101 cm³/mol. The van der Waals surface area contributed by atoms with Crippen LogP contribution in [0.15, 0.2) is 54.6 Å². The summed E-state index contributed by atoms with van der Waals surface area (Å²) in [7, 11) is -0.805. The van der Waals surface area contributed by atoms with E-state index >= 15 is 0 Å². The minimum absolute atomic E-state index is 0.454. The van der Waals surface area contributed by atoms with Crippen LogP contribution in [0.4, 0.5) is 0 Å². The molecule has 1 aliphatic rings. The molecule has 0 aromatic heterocycles. The minimum Gasteiger partial charge on any atom is -0.312 e. The van der Waals surface area contributed by atoms with E-state index in [0.29, 0.717) is 13.0 Å². The highest BCUT2D eigenvalue weighted by Gasteiger charge is 2.23. The Morgan fingerprint density at radius 3 is 2.12 bits per heavy atom. The third-order valence-electron chi connectivity index (χ3n) is 4.75. The van der Waals surface area contributed by atoms with Gasteiger partial charge < -0.3 is 9.42 Å². The maximum absolute atomic E-state index is 11.9. The molecule has 3 rings (SSSR count). The van der Waals surface area contributed by atoms with Gasteiger partial charge in [-0.1, -0.05) is 54.6 Å². The third kappa shape index (κ3) is 3.94. The van der Waals surface area contributed by atoms with Gasteiger partial charge in [-0.25, -0.2) is 9.24 Å². The first-order valence-electron chi connectivity index (χ1n) is 8.50. The van der Waals surface area contributed by atoms with Gasteiger partial charge in [-0.15, -0.1) is 0 Å². The Hall–Kier alpha value is -1.71. The first-order chi connectivity index (χ1) is 12.0. The Balaban J connectivity index is 1.93. The fourth-order valence-electron chi connectivity index (χ4n) is 3.30. The first-order valence-corrected chi connectivity index (χ1v) is 10.0. The van der Waals surface area contributed by atoms with E-state index < -0.39 is 7.75 Å². The lowest BCUT2D eigenvalue weighted by Crippen LogP contribution is -2.16. The summed E-state index contributed by atoms with van der Waals surface area (Å²) in [6.07, 6.45) is 4.90. The summed E-state index contributed by atoms with van der Waals surface area (Å²) >= 11 is 0. The quantitative estimate of drug-likeness (QED) is 0.811. The van der Waals surface area contributed by atoms with Crippen molar-refractivity contribution in [2.45, 2.75) is 19.3 Å². The van der Waals surface area contributed by atoms with Gasteiger partial charge in [0.05, 0.1) is 0 Å². The molecule has 0 aliphatic heterocycles. The highest BCUT2D eigenvalue weighted by atomic mass is 31.2. The molecule has 5 heteroatoms. The van der Waals surface area contributed by atoms with E-state index in [1.807, 2.05) is 0 Å². The summed E-state index contributed by atoms with van der Waals surface area (Å²) in [5.41, 5.74) is 6.43. The summed E-state index contributed by atoms with van der Waals surface area (Å²) < 4.78 is 17.9. The maximum Gasteiger partial charge on any atom is 0.405 e. The highest BCUT2D eigenvalue weighted by Crippen LogP contribution is 2.44. The molecule has 0 radical (unpaired) electrons. The number of nitrogens with zero attached hydrogens (tertiary/aromatic N) is 1. The van der Waals surface area contributed by atoms with E-state index in [4.69, 9.17) is 4.52 Å². The van der Waals surface area contributed by atoms with Crippen LogP contribution in [0.25, 0.3) is 5.57 Å². The van der Waals surface area contributed by atoms with E-state index in [1.54, 1.807) is 7.05 Å². The van der Waals surface area contributed by atoms with E-state index in [-0.39, 0.29) is 0 Å². The van der Waals surface area contributed by atoms with Gasteiger partial charge in [-0.3, -0.25) is 0 Å². The van der Waals surface area contributed by atoms with Crippen LogP contribution in [-0.2, 0) is 21.9 Å².